The molecule has 122 valence electrons. The summed E-state index contributed by atoms with van der Waals surface area (Å²) in [5, 5.41) is 3.72. The maximum atomic E-state index is 12.1. The van der Waals surface area contributed by atoms with E-state index in [1.54, 1.807) is 24.9 Å². The van der Waals surface area contributed by atoms with Crippen molar-refractivity contribution in [3.05, 3.63) is 64.2 Å². The van der Waals surface area contributed by atoms with E-state index in [0.29, 0.717) is 12.1 Å². The summed E-state index contributed by atoms with van der Waals surface area (Å²) in [4.78, 5) is 12.1. The molecule has 3 nitrogen and oxygen atoms in total. The highest BCUT2D eigenvalue weighted by atomic mass is 35.5. The number of hydrogen-bond acceptors (Lipinski definition) is 3. The van der Waals surface area contributed by atoms with Crippen LogP contribution >= 0.6 is 23.4 Å². The second-order valence-electron chi connectivity index (χ2n) is 5.08. The van der Waals surface area contributed by atoms with Crippen LogP contribution in [0.2, 0.25) is 5.02 Å². The van der Waals surface area contributed by atoms with Gasteiger partial charge in [0, 0.05) is 28.6 Å². The summed E-state index contributed by atoms with van der Waals surface area (Å²) in [7, 11) is 1.62. The van der Waals surface area contributed by atoms with E-state index in [4.69, 9.17) is 16.3 Å². The highest BCUT2D eigenvalue weighted by Crippen LogP contribution is 2.20. The summed E-state index contributed by atoms with van der Waals surface area (Å²) >= 11 is 7.86. The molecule has 0 spiro atoms. The molecule has 0 bridgehead atoms. The maximum absolute atomic E-state index is 12.1. The van der Waals surface area contributed by atoms with Crippen LogP contribution in [0, 0.1) is 6.92 Å². The average Bonchev–Trinajstić information content (AvgIpc) is 2.56. The van der Waals surface area contributed by atoms with Gasteiger partial charge < -0.3 is 10.1 Å². The molecule has 0 saturated heterocycles. The first-order valence-corrected chi connectivity index (χ1v) is 8.89. The summed E-state index contributed by atoms with van der Waals surface area (Å²) in [6, 6.07) is 13.3. The molecule has 2 rings (SSSR count). The van der Waals surface area contributed by atoms with Gasteiger partial charge in [0.05, 0.1) is 7.11 Å². The third kappa shape index (κ3) is 5.19. The summed E-state index contributed by atoms with van der Waals surface area (Å²) in [5.41, 5.74) is 2.73. The predicted octanol–water partition coefficient (Wildman–Crippen LogP) is 4.32. The van der Waals surface area contributed by atoms with Gasteiger partial charge in [-0.2, -0.15) is 11.8 Å². The van der Waals surface area contributed by atoms with Crippen molar-refractivity contribution in [1.29, 1.82) is 0 Å². The van der Waals surface area contributed by atoms with Crippen molar-refractivity contribution in [2.24, 2.45) is 0 Å². The number of carbonyl (C=O) groups is 1. The van der Waals surface area contributed by atoms with Gasteiger partial charge in [0.25, 0.3) is 5.91 Å². The summed E-state index contributed by atoms with van der Waals surface area (Å²) in [6.45, 7) is 2.55. The highest BCUT2D eigenvalue weighted by Gasteiger charge is 2.07. The quantitative estimate of drug-likeness (QED) is 0.756. The zero-order chi connectivity index (χ0) is 16.7. The van der Waals surface area contributed by atoms with Crippen LogP contribution < -0.4 is 10.1 Å². The zero-order valence-corrected chi connectivity index (χ0v) is 14.8. The van der Waals surface area contributed by atoms with Gasteiger partial charge in [-0.05, 0) is 42.3 Å². The number of aryl methyl sites for hydroxylation is 1. The minimum atomic E-state index is -0.0610. The number of rotatable bonds is 7. The lowest BCUT2D eigenvalue weighted by molar-refractivity contribution is 0.0956. The number of amides is 1. The molecule has 0 aliphatic carbocycles. The van der Waals surface area contributed by atoms with Crippen LogP contribution in [0.5, 0.6) is 5.75 Å². The molecule has 0 aliphatic heterocycles. The Bertz CT molecular complexity index is 676. The minimum absolute atomic E-state index is 0.0610. The number of halogens is 1. The SMILES string of the molecule is COc1ccc(C(=O)NCCSCc2ccccc2Cl)cc1C. The lowest BCUT2D eigenvalue weighted by atomic mass is 10.1. The second kappa shape index (κ2) is 8.85. The van der Waals surface area contributed by atoms with Crippen LogP contribution in [-0.4, -0.2) is 25.3 Å². The number of methoxy groups -OCH3 is 1. The molecule has 0 aromatic heterocycles. The Labute approximate surface area is 146 Å². The number of benzene rings is 2. The lowest BCUT2D eigenvalue weighted by Crippen LogP contribution is -2.25. The molecule has 0 aliphatic rings. The Hall–Kier alpha value is -1.65. The monoisotopic (exact) mass is 349 g/mol. The van der Waals surface area contributed by atoms with Crippen LogP contribution in [0.4, 0.5) is 0 Å². The molecule has 2 aromatic carbocycles. The topological polar surface area (TPSA) is 38.3 Å². The zero-order valence-electron chi connectivity index (χ0n) is 13.3. The largest absolute Gasteiger partial charge is 0.496 e. The second-order valence-corrected chi connectivity index (χ2v) is 6.60. The van der Waals surface area contributed by atoms with E-state index in [0.717, 1.165) is 33.4 Å². The standard InChI is InChI=1S/C18H20ClNO2S/c1-13-11-14(7-8-17(13)22-2)18(21)20-9-10-23-12-15-5-3-4-6-16(15)19/h3-8,11H,9-10,12H2,1-2H3,(H,20,21). The van der Waals surface area contributed by atoms with Gasteiger partial charge in [-0.1, -0.05) is 29.8 Å². The molecule has 1 N–H and O–H groups in total. The van der Waals surface area contributed by atoms with Crippen molar-refractivity contribution in [3.63, 3.8) is 0 Å². The molecule has 0 heterocycles. The van der Waals surface area contributed by atoms with E-state index >= 15 is 0 Å². The van der Waals surface area contributed by atoms with Crippen molar-refractivity contribution in [2.75, 3.05) is 19.4 Å². The summed E-state index contributed by atoms with van der Waals surface area (Å²) in [5.74, 6) is 2.41. The first kappa shape index (κ1) is 17.7. The third-order valence-electron chi connectivity index (χ3n) is 3.40. The van der Waals surface area contributed by atoms with Crippen molar-refractivity contribution in [2.45, 2.75) is 12.7 Å². The van der Waals surface area contributed by atoms with Crippen LogP contribution in [-0.2, 0) is 5.75 Å². The fourth-order valence-electron chi connectivity index (χ4n) is 2.16. The van der Waals surface area contributed by atoms with Crippen LogP contribution in [0.25, 0.3) is 0 Å². The van der Waals surface area contributed by atoms with Crippen LogP contribution in [0.3, 0.4) is 0 Å². The van der Waals surface area contributed by atoms with Gasteiger partial charge in [-0.3, -0.25) is 4.79 Å². The highest BCUT2D eigenvalue weighted by molar-refractivity contribution is 7.98. The molecular weight excluding hydrogens is 330 g/mol. The van der Waals surface area contributed by atoms with Crippen molar-refractivity contribution < 1.29 is 9.53 Å². The van der Waals surface area contributed by atoms with Crippen LogP contribution in [0.1, 0.15) is 21.5 Å². The fourth-order valence-corrected chi connectivity index (χ4v) is 3.30. The number of ether oxygens (including phenoxy) is 1. The number of nitrogens with one attached hydrogen (secondary N) is 1. The Kier molecular flexibility index (Phi) is 6.81. The van der Waals surface area contributed by atoms with E-state index in [1.807, 2.05) is 43.3 Å². The Morgan fingerprint density at radius 2 is 2.04 bits per heavy atom. The molecule has 2 aromatic rings. The van der Waals surface area contributed by atoms with Gasteiger partial charge >= 0.3 is 0 Å². The summed E-state index contributed by atoms with van der Waals surface area (Å²) in [6.07, 6.45) is 0. The smallest absolute Gasteiger partial charge is 0.251 e. The first-order valence-electron chi connectivity index (χ1n) is 7.36. The van der Waals surface area contributed by atoms with Crippen LogP contribution in [0.15, 0.2) is 42.5 Å². The molecule has 0 saturated carbocycles. The normalized spacial score (nSPS) is 10.4. The van der Waals surface area contributed by atoms with Gasteiger partial charge in [0.2, 0.25) is 0 Å². The molecule has 0 atom stereocenters. The van der Waals surface area contributed by atoms with Crippen molar-refractivity contribution >= 4 is 29.3 Å². The van der Waals surface area contributed by atoms with Gasteiger partial charge in [-0.15, -0.1) is 0 Å². The van der Waals surface area contributed by atoms with E-state index < -0.39 is 0 Å². The summed E-state index contributed by atoms with van der Waals surface area (Å²) < 4.78 is 5.20. The van der Waals surface area contributed by atoms with Gasteiger partial charge in [0.1, 0.15) is 5.75 Å². The Balaban J connectivity index is 1.75. The molecule has 0 fully saturated rings. The van der Waals surface area contributed by atoms with E-state index in [1.165, 1.54) is 0 Å². The van der Waals surface area contributed by atoms with E-state index in [-0.39, 0.29) is 5.91 Å². The third-order valence-corrected chi connectivity index (χ3v) is 4.78. The number of hydrogen-bond donors (Lipinski definition) is 1. The Morgan fingerprint density at radius 3 is 2.74 bits per heavy atom. The van der Waals surface area contributed by atoms with Gasteiger partial charge in [0.15, 0.2) is 0 Å². The van der Waals surface area contributed by atoms with E-state index in [9.17, 15) is 4.79 Å². The fraction of sp³-hybridized carbons (Fsp3) is 0.278. The molecule has 5 heteroatoms. The maximum Gasteiger partial charge on any atom is 0.251 e. The lowest BCUT2D eigenvalue weighted by Gasteiger charge is -2.09. The number of carbonyl (C=O) groups excluding carboxylic acids is 1. The minimum Gasteiger partial charge on any atom is -0.496 e. The first-order chi connectivity index (χ1) is 11.1. The number of thioether (sulfide) groups is 1. The average molecular weight is 350 g/mol. The van der Waals surface area contributed by atoms with E-state index in [2.05, 4.69) is 5.32 Å². The predicted molar refractivity (Wildman–Crippen MR) is 97.7 cm³/mol. The molecule has 0 unspecified atom stereocenters. The molecule has 23 heavy (non-hydrogen) atoms. The molecular formula is C18H20ClNO2S. The van der Waals surface area contributed by atoms with Crippen molar-refractivity contribution in [1.82, 2.24) is 5.32 Å². The van der Waals surface area contributed by atoms with Gasteiger partial charge in [-0.25, -0.2) is 0 Å². The molecule has 1 amide bonds. The van der Waals surface area contributed by atoms with Crippen molar-refractivity contribution in [3.8, 4) is 5.75 Å². The Morgan fingerprint density at radius 1 is 1.26 bits per heavy atom. The molecule has 0 radical (unpaired) electrons.